The first-order valence-electron chi connectivity index (χ1n) is 9.19. The van der Waals surface area contributed by atoms with Crippen molar-refractivity contribution >= 4 is 34.9 Å². The van der Waals surface area contributed by atoms with E-state index in [-0.39, 0.29) is 5.41 Å². The van der Waals surface area contributed by atoms with Gasteiger partial charge in [-0.25, -0.2) is 4.79 Å². The summed E-state index contributed by atoms with van der Waals surface area (Å²) in [7, 11) is 0. The van der Waals surface area contributed by atoms with Crippen LogP contribution < -0.4 is 10.1 Å². The van der Waals surface area contributed by atoms with E-state index < -0.39 is 5.97 Å². The van der Waals surface area contributed by atoms with E-state index in [1.165, 1.54) is 11.1 Å². The molecule has 1 heterocycles. The number of aryl methyl sites for hydroxylation is 1. The van der Waals surface area contributed by atoms with Gasteiger partial charge < -0.3 is 14.8 Å². The molecule has 6 heteroatoms. The Labute approximate surface area is 168 Å². The number of benzene rings is 2. The van der Waals surface area contributed by atoms with Gasteiger partial charge in [0.05, 0.1) is 29.5 Å². The van der Waals surface area contributed by atoms with Gasteiger partial charge in [0.15, 0.2) is 0 Å². The van der Waals surface area contributed by atoms with Crippen molar-refractivity contribution in [1.29, 1.82) is 0 Å². The molecule has 0 amide bonds. The molecule has 2 aromatic rings. The van der Waals surface area contributed by atoms with Crippen LogP contribution in [0.15, 0.2) is 30.3 Å². The molecular weight excluding hydrogens is 385 g/mol. The van der Waals surface area contributed by atoms with Crippen LogP contribution in [0.1, 0.15) is 41.3 Å². The fourth-order valence-electron chi connectivity index (χ4n) is 4.08. The Bertz CT molecular complexity index is 899. The van der Waals surface area contributed by atoms with Crippen LogP contribution in [0.4, 0.5) is 5.69 Å². The molecule has 0 radical (unpaired) electrons. The van der Waals surface area contributed by atoms with Gasteiger partial charge >= 0.3 is 5.97 Å². The molecule has 0 bridgehead atoms. The lowest BCUT2D eigenvalue weighted by Gasteiger charge is -2.37. The van der Waals surface area contributed by atoms with E-state index in [2.05, 4.69) is 17.4 Å². The zero-order valence-corrected chi connectivity index (χ0v) is 16.6. The summed E-state index contributed by atoms with van der Waals surface area (Å²) in [5, 5.41) is 4.58. The smallest absolute Gasteiger partial charge is 0.339 e. The number of carbonyl (C=O) groups excluding carboxylic acids is 1. The van der Waals surface area contributed by atoms with Crippen LogP contribution >= 0.6 is 23.2 Å². The summed E-state index contributed by atoms with van der Waals surface area (Å²) in [6, 6.07) is 9.54. The van der Waals surface area contributed by atoms with Gasteiger partial charge in [0.25, 0.3) is 0 Å². The van der Waals surface area contributed by atoms with Crippen LogP contribution in [0.5, 0.6) is 5.75 Å². The molecule has 1 aliphatic heterocycles. The standard InChI is InChI=1S/C21H21Cl2NO3/c1-2-26-20(25)15-9-18-19(10-17(15)23)27-12-21(11-24-18)7-3-4-13-8-14(22)5-6-16(13)21/h5-6,8-10,24H,2-4,7,11-12H2,1H3/t21-/m0/s1. The van der Waals surface area contributed by atoms with Gasteiger partial charge in [0, 0.05) is 23.0 Å². The van der Waals surface area contributed by atoms with Gasteiger partial charge in [-0.1, -0.05) is 29.3 Å². The monoisotopic (exact) mass is 405 g/mol. The second-order valence-corrected chi connectivity index (χ2v) is 7.97. The van der Waals surface area contributed by atoms with E-state index in [9.17, 15) is 4.79 Å². The number of fused-ring (bicyclic) bond motifs is 3. The Morgan fingerprint density at radius 1 is 1.30 bits per heavy atom. The van der Waals surface area contributed by atoms with Crippen LogP contribution in [0.25, 0.3) is 0 Å². The molecule has 142 valence electrons. The van der Waals surface area contributed by atoms with E-state index in [4.69, 9.17) is 32.7 Å². The third-order valence-electron chi connectivity index (χ3n) is 5.43. The van der Waals surface area contributed by atoms with Crippen LogP contribution in [0.3, 0.4) is 0 Å². The zero-order valence-electron chi connectivity index (χ0n) is 15.1. The van der Waals surface area contributed by atoms with E-state index in [0.29, 0.717) is 29.5 Å². The van der Waals surface area contributed by atoms with Crippen LogP contribution in [0, 0.1) is 0 Å². The van der Waals surface area contributed by atoms with Crippen molar-refractivity contribution in [2.45, 2.75) is 31.6 Å². The van der Waals surface area contributed by atoms with Crippen molar-refractivity contribution in [1.82, 2.24) is 0 Å². The molecule has 27 heavy (non-hydrogen) atoms. The Morgan fingerprint density at radius 3 is 2.96 bits per heavy atom. The van der Waals surface area contributed by atoms with Gasteiger partial charge in [-0.2, -0.15) is 0 Å². The number of carbonyl (C=O) groups is 1. The van der Waals surface area contributed by atoms with Crippen molar-refractivity contribution in [2.75, 3.05) is 25.1 Å². The predicted octanol–water partition coefficient (Wildman–Crippen LogP) is 5.25. The number of ether oxygens (including phenoxy) is 2. The summed E-state index contributed by atoms with van der Waals surface area (Å²) in [6.45, 7) is 3.35. The van der Waals surface area contributed by atoms with Gasteiger partial charge in [-0.05, 0) is 55.5 Å². The molecule has 0 unspecified atom stereocenters. The molecule has 1 aliphatic carbocycles. The van der Waals surface area contributed by atoms with Crippen molar-refractivity contribution in [3.8, 4) is 5.75 Å². The van der Waals surface area contributed by atoms with E-state index >= 15 is 0 Å². The number of hydrogen-bond acceptors (Lipinski definition) is 4. The Kier molecular flexibility index (Phi) is 4.95. The Hall–Kier alpha value is -1.91. The molecular formula is C21H21Cl2NO3. The summed E-state index contributed by atoms with van der Waals surface area (Å²) in [6.07, 6.45) is 3.15. The molecule has 4 nitrogen and oxygen atoms in total. The topological polar surface area (TPSA) is 47.6 Å². The lowest BCUT2D eigenvalue weighted by molar-refractivity contribution is 0.0526. The van der Waals surface area contributed by atoms with Crippen molar-refractivity contribution in [2.24, 2.45) is 0 Å². The minimum Gasteiger partial charge on any atom is -0.490 e. The fraction of sp³-hybridized carbons (Fsp3) is 0.381. The highest BCUT2D eigenvalue weighted by Crippen LogP contribution is 2.43. The third kappa shape index (κ3) is 3.37. The summed E-state index contributed by atoms with van der Waals surface area (Å²) in [5.41, 5.74) is 3.55. The minimum absolute atomic E-state index is 0.131. The lowest BCUT2D eigenvalue weighted by Crippen LogP contribution is -2.41. The van der Waals surface area contributed by atoms with Crippen LogP contribution in [-0.4, -0.2) is 25.7 Å². The summed E-state index contributed by atoms with van der Waals surface area (Å²) in [5.74, 6) is 0.231. The van der Waals surface area contributed by atoms with E-state index in [1.807, 2.05) is 6.07 Å². The first-order valence-corrected chi connectivity index (χ1v) is 9.94. The molecule has 2 aromatic carbocycles. The zero-order chi connectivity index (χ0) is 19.0. The highest BCUT2D eigenvalue weighted by molar-refractivity contribution is 6.34. The number of rotatable bonds is 2. The predicted molar refractivity (Wildman–Crippen MR) is 107 cm³/mol. The SMILES string of the molecule is CCOC(=O)c1cc2c(cc1Cl)OC[C@]1(CCCc3cc(Cl)ccc31)CN2. The second-order valence-electron chi connectivity index (χ2n) is 7.13. The molecule has 0 fully saturated rings. The van der Waals surface area contributed by atoms with E-state index in [0.717, 1.165) is 36.5 Å². The molecule has 0 aromatic heterocycles. The summed E-state index contributed by atoms with van der Waals surface area (Å²) in [4.78, 5) is 12.1. The first-order chi connectivity index (χ1) is 13.0. The largest absolute Gasteiger partial charge is 0.490 e. The van der Waals surface area contributed by atoms with Crippen LogP contribution in [-0.2, 0) is 16.6 Å². The first kappa shape index (κ1) is 18.5. The molecule has 2 aliphatic rings. The highest BCUT2D eigenvalue weighted by atomic mass is 35.5. The fourth-order valence-corrected chi connectivity index (χ4v) is 4.51. The second kappa shape index (κ2) is 7.25. The van der Waals surface area contributed by atoms with Gasteiger partial charge in [-0.3, -0.25) is 0 Å². The Morgan fingerprint density at radius 2 is 2.15 bits per heavy atom. The normalized spacial score (nSPS) is 20.7. The molecule has 1 N–H and O–H groups in total. The maximum Gasteiger partial charge on any atom is 0.339 e. The number of hydrogen-bond donors (Lipinski definition) is 1. The van der Waals surface area contributed by atoms with Crippen molar-refractivity contribution in [3.05, 3.63) is 57.1 Å². The molecule has 4 rings (SSSR count). The highest BCUT2D eigenvalue weighted by Gasteiger charge is 2.39. The number of anilines is 1. The summed E-state index contributed by atoms with van der Waals surface area (Å²) >= 11 is 12.5. The molecule has 0 saturated heterocycles. The molecule has 1 spiro atoms. The molecule has 0 saturated carbocycles. The van der Waals surface area contributed by atoms with E-state index in [1.54, 1.807) is 19.1 Å². The van der Waals surface area contributed by atoms with Crippen molar-refractivity contribution in [3.63, 3.8) is 0 Å². The van der Waals surface area contributed by atoms with Gasteiger partial charge in [0.1, 0.15) is 5.75 Å². The average molecular weight is 406 g/mol. The third-order valence-corrected chi connectivity index (χ3v) is 5.97. The van der Waals surface area contributed by atoms with Crippen molar-refractivity contribution < 1.29 is 14.3 Å². The van der Waals surface area contributed by atoms with Gasteiger partial charge in [0.2, 0.25) is 0 Å². The number of nitrogens with one attached hydrogen (secondary N) is 1. The average Bonchev–Trinajstić information content (AvgIpc) is 2.82. The number of halogens is 2. The lowest BCUT2D eigenvalue weighted by atomic mass is 9.70. The maximum absolute atomic E-state index is 12.1. The van der Waals surface area contributed by atoms with Crippen LogP contribution in [0.2, 0.25) is 10.0 Å². The number of esters is 1. The summed E-state index contributed by atoms with van der Waals surface area (Å²) < 4.78 is 11.3. The Balaban J connectivity index is 1.68. The minimum atomic E-state index is -0.427. The van der Waals surface area contributed by atoms with Gasteiger partial charge in [-0.15, -0.1) is 0 Å². The quantitative estimate of drug-likeness (QED) is 0.693. The maximum atomic E-state index is 12.1. The molecule has 1 atom stereocenters.